The highest BCUT2D eigenvalue weighted by Gasteiger charge is 2.35. The van der Waals surface area contributed by atoms with Crippen LogP contribution in [0.5, 0.6) is 0 Å². The summed E-state index contributed by atoms with van der Waals surface area (Å²) in [7, 11) is -3.39. The number of anilines is 2. The van der Waals surface area contributed by atoms with Gasteiger partial charge in [-0.2, -0.15) is 4.39 Å². The van der Waals surface area contributed by atoms with Gasteiger partial charge in [-0.15, -0.1) is 0 Å². The minimum Gasteiger partial charge on any atom is -0.389 e. The number of rotatable bonds is 8. The molecule has 160 valence electrons. The molecule has 1 saturated heterocycles. The summed E-state index contributed by atoms with van der Waals surface area (Å²) in [6.45, 7) is 0.925. The van der Waals surface area contributed by atoms with Gasteiger partial charge >= 0.3 is 0 Å². The number of ether oxygens (including phenoxy) is 1. The third kappa shape index (κ3) is 5.12. The Hall–Kier alpha value is -2.57. The van der Waals surface area contributed by atoms with Crippen LogP contribution in [0.15, 0.2) is 35.6 Å². The summed E-state index contributed by atoms with van der Waals surface area (Å²) in [5.74, 6) is -0.630. The Morgan fingerprint density at radius 2 is 2.03 bits per heavy atom. The molecule has 9 nitrogen and oxygen atoms in total. The molecule has 2 heterocycles. The van der Waals surface area contributed by atoms with E-state index in [1.807, 2.05) is 0 Å². The number of carbonyl (C=O) groups excluding carboxylic acids is 1. The summed E-state index contributed by atoms with van der Waals surface area (Å²) in [6, 6.07) is 6.19. The number of oxime groups is 1. The van der Waals surface area contributed by atoms with E-state index in [4.69, 9.17) is 9.57 Å². The van der Waals surface area contributed by atoms with Crippen molar-refractivity contribution in [2.75, 3.05) is 23.3 Å². The van der Waals surface area contributed by atoms with Gasteiger partial charge in [0.1, 0.15) is 0 Å². The lowest BCUT2D eigenvalue weighted by atomic mass is 10.1. The van der Waals surface area contributed by atoms with Crippen LogP contribution in [0.25, 0.3) is 0 Å². The molecule has 0 spiro atoms. The molecule has 2 N–H and O–H groups in total. The van der Waals surface area contributed by atoms with Crippen molar-refractivity contribution < 1.29 is 27.2 Å². The maximum absolute atomic E-state index is 13.2. The van der Waals surface area contributed by atoms with E-state index in [2.05, 4.69) is 20.2 Å². The first kappa shape index (κ1) is 20.7. The molecule has 2 aromatic rings. The van der Waals surface area contributed by atoms with Crippen LogP contribution in [-0.2, 0) is 24.4 Å². The molecule has 1 aromatic heterocycles. The Bertz CT molecular complexity index is 1040. The average Bonchev–Trinajstić information content (AvgIpc) is 3.32. The van der Waals surface area contributed by atoms with Crippen molar-refractivity contribution in [1.29, 1.82) is 0 Å². The molecular formula is C18H19FN4O5S2. The van der Waals surface area contributed by atoms with Crippen LogP contribution in [0, 0.1) is 5.13 Å². The second-order valence-electron chi connectivity index (χ2n) is 6.88. The molecule has 0 unspecified atom stereocenters. The number of aromatic nitrogens is 1. The van der Waals surface area contributed by atoms with E-state index in [1.165, 1.54) is 0 Å². The smallest absolute Gasteiger partial charge is 0.280 e. The van der Waals surface area contributed by atoms with Crippen LogP contribution in [-0.4, -0.2) is 49.6 Å². The van der Waals surface area contributed by atoms with E-state index in [1.54, 1.807) is 24.3 Å². The van der Waals surface area contributed by atoms with Crippen molar-refractivity contribution in [1.82, 2.24) is 4.98 Å². The maximum atomic E-state index is 13.2. The summed E-state index contributed by atoms with van der Waals surface area (Å²) in [5, 5.41) is 5.69. The summed E-state index contributed by atoms with van der Waals surface area (Å²) < 4.78 is 45.1. The quantitative estimate of drug-likeness (QED) is 0.467. The summed E-state index contributed by atoms with van der Waals surface area (Å²) in [6.07, 6.45) is 2.70. The molecule has 1 saturated carbocycles. The zero-order valence-corrected chi connectivity index (χ0v) is 17.3. The monoisotopic (exact) mass is 454 g/mol. The fourth-order valence-corrected chi connectivity index (χ4v) is 4.67. The topological polar surface area (TPSA) is 119 Å². The predicted octanol–water partition coefficient (Wildman–Crippen LogP) is 2.33. The van der Waals surface area contributed by atoms with Crippen LogP contribution in [0.3, 0.4) is 0 Å². The number of amides is 1. The van der Waals surface area contributed by atoms with Gasteiger partial charge in [0.25, 0.3) is 5.91 Å². The lowest BCUT2D eigenvalue weighted by Gasteiger charge is -2.11. The Labute approximate surface area is 176 Å². The first-order valence-electron chi connectivity index (χ1n) is 9.27. The summed E-state index contributed by atoms with van der Waals surface area (Å²) in [5.41, 5.74) is 0.740. The molecule has 2 aliphatic rings. The normalized spacial score (nSPS) is 19.5. The van der Waals surface area contributed by atoms with Crippen LogP contribution < -0.4 is 10.0 Å². The first-order valence-corrected chi connectivity index (χ1v) is 11.6. The Kier molecular flexibility index (Phi) is 5.97. The van der Waals surface area contributed by atoms with Gasteiger partial charge in [-0.05, 0) is 25.0 Å². The van der Waals surface area contributed by atoms with Crippen LogP contribution in [0.4, 0.5) is 15.2 Å². The van der Waals surface area contributed by atoms with Gasteiger partial charge in [-0.3, -0.25) is 14.8 Å². The fourth-order valence-electron chi connectivity index (χ4n) is 2.74. The third-order valence-electron chi connectivity index (χ3n) is 4.48. The molecule has 12 heteroatoms. The van der Waals surface area contributed by atoms with Gasteiger partial charge in [0.2, 0.25) is 10.0 Å². The number of thiazole rings is 1. The number of benzene rings is 1. The van der Waals surface area contributed by atoms with Crippen molar-refractivity contribution in [2.45, 2.75) is 30.6 Å². The van der Waals surface area contributed by atoms with Gasteiger partial charge in [0.15, 0.2) is 22.1 Å². The standard InChI is InChI=1S/C18H19FN4O5S2/c19-15-9-20-18(29-15)21-17(24)16(22-28-13-7-8-27-10-13)11-1-3-12(4-2-11)23-30(25,26)14-5-6-14/h1-4,9,13-14,23H,5-8,10H2,(H,20,21,24)/b22-16+/t13-/m1/s1. The summed E-state index contributed by atoms with van der Waals surface area (Å²) >= 11 is 0.687. The third-order valence-corrected chi connectivity index (χ3v) is 7.05. The Morgan fingerprint density at radius 3 is 2.63 bits per heavy atom. The number of nitrogens with zero attached hydrogens (tertiary/aromatic N) is 2. The summed E-state index contributed by atoms with van der Waals surface area (Å²) in [4.78, 5) is 21.9. The highest BCUT2D eigenvalue weighted by Crippen LogP contribution is 2.29. The number of nitrogens with one attached hydrogen (secondary N) is 2. The molecular weight excluding hydrogens is 435 g/mol. The highest BCUT2D eigenvalue weighted by atomic mass is 32.2. The molecule has 0 radical (unpaired) electrons. The van der Waals surface area contributed by atoms with E-state index in [0.717, 1.165) is 6.20 Å². The van der Waals surface area contributed by atoms with Gasteiger partial charge in [-0.1, -0.05) is 28.6 Å². The molecule has 1 atom stereocenters. The molecule has 1 aliphatic heterocycles. The molecule has 1 aromatic carbocycles. The van der Waals surface area contributed by atoms with Gasteiger partial charge in [0, 0.05) is 17.7 Å². The minimum atomic E-state index is -3.39. The number of halogens is 1. The molecule has 1 aliphatic carbocycles. The van der Waals surface area contributed by atoms with E-state index >= 15 is 0 Å². The van der Waals surface area contributed by atoms with Crippen molar-refractivity contribution in [2.24, 2.45) is 5.16 Å². The van der Waals surface area contributed by atoms with Crippen LogP contribution in [0.2, 0.25) is 0 Å². The van der Waals surface area contributed by atoms with Gasteiger partial charge in [-0.25, -0.2) is 13.4 Å². The van der Waals surface area contributed by atoms with Gasteiger partial charge in [0.05, 0.1) is 24.7 Å². The molecule has 4 rings (SSSR count). The second kappa shape index (κ2) is 8.66. The van der Waals surface area contributed by atoms with Crippen molar-refractivity contribution in [3.8, 4) is 0 Å². The Morgan fingerprint density at radius 1 is 1.27 bits per heavy atom. The number of carbonyl (C=O) groups is 1. The molecule has 1 amide bonds. The lowest BCUT2D eigenvalue weighted by molar-refractivity contribution is -0.110. The van der Waals surface area contributed by atoms with E-state index in [-0.39, 0.29) is 22.2 Å². The van der Waals surface area contributed by atoms with Crippen LogP contribution >= 0.6 is 11.3 Å². The largest absolute Gasteiger partial charge is 0.389 e. The average molecular weight is 455 g/mol. The highest BCUT2D eigenvalue weighted by molar-refractivity contribution is 7.93. The van der Waals surface area contributed by atoms with E-state index < -0.39 is 21.1 Å². The predicted molar refractivity (Wildman–Crippen MR) is 110 cm³/mol. The molecule has 30 heavy (non-hydrogen) atoms. The first-order chi connectivity index (χ1) is 14.4. The van der Waals surface area contributed by atoms with Crippen molar-refractivity contribution >= 4 is 43.8 Å². The second-order valence-corrected chi connectivity index (χ2v) is 9.82. The zero-order valence-electron chi connectivity index (χ0n) is 15.7. The van der Waals surface area contributed by atoms with Gasteiger partial charge < -0.3 is 9.57 Å². The van der Waals surface area contributed by atoms with E-state index in [0.29, 0.717) is 55.1 Å². The number of sulfonamides is 1. The maximum Gasteiger partial charge on any atom is 0.280 e. The van der Waals surface area contributed by atoms with E-state index in [9.17, 15) is 17.6 Å². The van der Waals surface area contributed by atoms with Crippen molar-refractivity contribution in [3.05, 3.63) is 41.2 Å². The minimum absolute atomic E-state index is 0.0471. The zero-order chi connectivity index (χ0) is 21.1. The molecule has 2 fully saturated rings. The SMILES string of the molecule is O=C(Nc1ncc(F)s1)/C(=N/O[C@@H]1CCOC1)c1ccc(NS(=O)(=O)C2CC2)cc1. The van der Waals surface area contributed by atoms with Crippen molar-refractivity contribution in [3.63, 3.8) is 0 Å². The lowest BCUT2D eigenvalue weighted by Crippen LogP contribution is -2.25. The fraction of sp³-hybridized carbons (Fsp3) is 0.389. The number of hydrogen-bond acceptors (Lipinski definition) is 8. The Balaban J connectivity index is 1.53. The number of hydrogen-bond donors (Lipinski definition) is 2. The van der Waals surface area contributed by atoms with Crippen LogP contribution in [0.1, 0.15) is 24.8 Å². The molecule has 0 bridgehead atoms.